The molecule has 0 aliphatic heterocycles. The van der Waals surface area contributed by atoms with Gasteiger partial charge in [0, 0.05) is 13.1 Å². The van der Waals surface area contributed by atoms with Crippen LogP contribution in [0.2, 0.25) is 0 Å². The van der Waals surface area contributed by atoms with Crippen LogP contribution in [0.4, 0.5) is 0 Å². The molecule has 3 nitrogen and oxygen atoms in total. The maximum atomic E-state index is 4.54. The summed E-state index contributed by atoms with van der Waals surface area (Å²) in [6, 6.07) is 2.22. The zero-order chi connectivity index (χ0) is 11.8. The van der Waals surface area contributed by atoms with Gasteiger partial charge in [0.1, 0.15) is 0 Å². The van der Waals surface area contributed by atoms with Gasteiger partial charge in [0.2, 0.25) is 0 Å². The summed E-state index contributed by atoms with van der Waals surface area (Å²) < 4.78 is 3.36. The number of alkyl halides is 1. The van der Waals surface area contributed by atoms with Crippen molar-refractivity contribution in [2.24, 2.45) is 0 Å². The minimum absolute atomic E-state index is 0.947. The van der Waals surface area contributed by atoms with Crippen molar-refractivity contribution < 1.29 is 0 Å². The fraction of sp³-hybridized carbons (Fsp3) is 0.750. The molecule has 0 spiro atoms. The van der Waals surface area contributed by atoms with Crippen LogP contribution in [0.1, 0.15) is 38.1 Å². The summed E-state index contributed by atoms with van der Waals surface area (Å²) in [6.07, 6.45) is 3.60. The maximum absolute atomic E-state index is 4.54. The van der Waals surface area contributed by atoms with Crippen LogP contribution < -0.4 is 5.32 Å². The zero-order valence-electron chi connectivity index (χ0n) is 10.3. The standard InChI is InChI=1S/C12H22IN3/c1-3-11-9-12(16(4-2)15-11)10-14-8-6-5-7-13/h9,14H,3-8,10H2,1-2H3. The SMILES string of the molecule is CCc1cc(CNCCCCI)n(CC)n1. The Morgan fingerprint density at radius 2 is 2.19 bits per heavy atom. The lowest BCUT2D eigenvalue weighted by Crippen LogP contribution is -2.17. The number of hydrogen-bond donors (Lipinski definition) is 1. The highest BCUT2D eigenvalue weighted by Gasteiger charge is 2.04. The average molecular weight is 335 g/mol. The number of halogens is 1. The van der Waals surface area contributed by atoms with Gasteiger partial charge >= 0.3 is 0 Å². The quantitative estimate of drug-likeness (QED) is 0.450. The van der Waals surface area contributed by atoms with Gasteiger partial charge in [-0.05, 0) is 43.2 Å². The van der Waals surface area contributed by atoms with Crippen LogP contribution in [0, 0.1) is 0 Å². The molecular formula is C12H22IN3. The van der Waals surface area contributed by atoms with E-state index in [1.807, 2.05) is 0 Å². The van der Waals surface area contributed by atoms with Gasteiger partial charge in [0.05, 0.1) is 11.4 Å². The summed E-state index contributed by atoms with van der Waals surface area (Å²) in [5, 5.41) is 8.02. The van der Waals surface area contributed by atoms with E-state index < -0.39 is 0 Å². The van der Waals surface area contributed by atoms with E-state index in [0.29, 0.717) is 0 Å². The van der Waals surface area contributed by atoms with Crippen molar-refractivity contribution in [1.82, 2.24) is 15.1 Å². The van der Waals surface area contributed by atoms with Crippen LogP contribution in [0.15, 0.2) is 6.07 Å². The highest BCUT2D eigenvalue weighted by atomic mass is 127. The second-order valence-corrected chi connectivity index (χ2v) is 4.95. The molecule has 92 valence electrons. The Kier molecular flexibility index (Phi) is 7.03. The van der Waals surface area contributed by atoms with Crippen molar-refractivity contribution in [2.75, 3.05) is 11.0 Å². The summed E-state index contributed by atoms with van der Waals surface area (Å²) in [6.45, 7) is 7.32. The van der Waals surface area contributed by atoms with E-state index in [1.54, 1.807) is 0 Å². The Hall–Kier alpha value is -0.100. The molecule has 1 N–H and O–H groups in total. The van der Waals surface area contributed by atoms with Crippen LogP contribution >= 0.6 is 22.6 Å². The molecule has 0 saturated carbocycles. The van der Waals surface area contributed by atoms with E-state index in [-0.39, 0.29) is 0 Å². The number of unbranched alkanes of at least 4 members (excludes halogenated alkanes) is 1. The van der Waals surface area contributed by atoms with Gasteiger partial charge in [-0.1, -0.05) is 29.5 Å². The molecule has 16 heavy (non-hydrogen) atoms. The second kappa shape index (κ2) is 8.06. The van der Waals surface area contributed by atoms with Gasteiger partial charge in [-0.15, -0.1) is 0 Å². The molecule has 1 aromatic heterocycles. The normalized spacial score (nSPS) is 10.9. The lowest BCUT2D eigenvalue weighted by atomic mass is 10.3. The van der Waals surface area contributed by atoms with Gasteiger partial charge < -0.3 is 5.32 Å². The number of nitrogens with zero attached hydrogens (tertiary/aromatic N) is 2. The molecule has 0 amide bonds. The fourth-order valence-corrected chi connectivity index (χ4v) is 2.20. The molecule has 0 unspecified atom stereocenters. The number of rotatable bonds is 8. The minimum atomic E-state index is 0.947. The van der Waals surface area contributed by atoms with Gasteiger partial charge in [0.25, 0.3) is 0 Å². The Labute approximate surface area is 112 Å². The Balaban J connectivity index is 2.37. The highest BCUT2D eigenvalue weighted by Crippen LogP contribution is 2.05. The van der Waals surface area contributed by atoms with Gasteiger partial charge in [-0.2, -0.15) is 5.10 Å². The molecule has 0 atom stereocenters. The fourth-order valence-electron chi connectivity index (χ4n) is 1.66. The van der Waals surface area contributed by atoms with Crippen molar-refractivity contribution in [3.8, 4) is 0 Å². The monoisotopic (exact) mass is 335 g/mol. The molecule has 1 rings (SSSR count). The van der Waals surface area contributed by atoms with Crippen LogP contribution in [0.5, 0.6) is 0 Å². The summed E-state index contributed by atoms with van der Waals surface area (Å²) in [4.78, 5) is 0. The predicted molar refractivity (Wildman–Crippen MR) is 77.1 cm³/mol. The average Bonchev–Trinajstić information content (AvgIpc) is 2.71. The van der Waals surface area contributed by atoms with Crippen molar-refractivity contribution in [3.63, 3.8) is 0 Å². The van der Waals surface area contributed by atoms with Crippen LogP contribution in [0.3, 0.4) is 0 Å². The first-order valence-electron chi connectivity index (χ1n) is 6.14. The Morgan fingerprint density at radius 3 is 2.81 bits per heavy atom. The first kappa shape index (κ1) is 14.0. The van der Waals surface area contributed by atoms with Crippen LogP contribution in [0.25, 0.3) is 0 Å². The number of nitrogens with one attached hydrogen (secondary N) is 1. The third-order valence-corrected chi connectivity index (χ3v) is 3.38. The summed E-state index contributed by atoms with van der Waals surface area (Å²) >= 11 is 2.43. The van der Waals surface area contributed by atoms with Crippen molar-refractivity contribution in [2.45, 2.75) is 46.2 Å². The second-order valence-electron chi connectivity index (χ2n) is 3.87. The smallest absolute Gasteiger partial charge is 0.0625 e. The van der Waals surface area contributed by atoms with E-state index in [4.69, 9.17) is 0 Å². The first-order valence-corrected chi connectivity index (χ1v) is 7.66. The van der Waals surface area contributed by atoms with E-state index in [9.17, 15) is 0 Å². The topological polar surface area (TPSA) is 29.9 Å². The van der Waals surface area contributed by atoms with Gasteiger partial charge in [0.15, 0.2) is 0 Å². The third kappa shape index (κ3) is 4.41. The third-order valence-electron chi connectivity index (χ3n) is 2.62. The molecule has 0 radical (unpaired) electrons. The van der Waals surface area contributed by atoms with E-state index >= 15 is 0 Å². The molecule has 0 bridgehead atoms. The van der Waals surface area contributed by atoms with Gasteiger partial charge in [-0.3, -0.25) is 4.68 Å². The number of hydrogen-bond acceptors (Lipinski definition) is 2. The molecule has 4 heteroatoms. The molecule has 1 heterocycles. The molecule has 0 aliphatic rings. The molecule has 1 aromatic rings. The Bertz CT molecular complexity index is 296. The molecule has 0 saturated heterocycles. The Morgan fingerprint density at radius 1 is 1.38 bits per heavy atom. The molecule has 0 aliphatic carbocycles. The number of aryl methyl sites for hydroxylation is 2. The lowest BCUT2D eigenvalue weighted by Gasteiger charge is -2.05. The van der Waals surface area contributed by atoms with Crippen molar-refractivity contribution >= 4 is 22.6 Å². The highest BCUT2D eigenvalue weighted by molar-refractivity contribution is 14.1. The van der Waals surface area contributed by atoms with E-state index in [2.05, 4.69) is 57.6 Å². The minimum Gasteiger partial charge on any atom is -0.311 e. The van der Waals surface area contributed by atoms with Crippen molar-refractivity contribution in [3.05, 3.63) is 17.5 Å². The predicted octanol–water partition coefficient (Wildman–Crippen LogP) is 2.77. The van der Waals surface area contributed by atoms with Gasteiger partial charge in [-0.25, -0.2) is 0 Å². The summed E-state index contributed by atoms with van der Waals surface area (Å²) in [5.74, 6) is 0. The van der Waals surface area contributed by atoms with E-state index in [0.717, 1.165) is 26.1 Å². The molecule has 0 fully saturated rings. The van der Waals surface area contributed by atoms with Crippen LogP contribution in [-0.4, -0.2) is 20.8 Å². The first-order chi connectivity index (χ1) is 7.81. The number of aromatic nitrogens is 2. The maximum Gasteiger partial charge on any atom is 0.0625 e. The summed E-state index contributed by atoms with van der Waals surface area (Å²) in [5.41, 5.74) is 2.51. The molecule has 0 aromatic carbocycles. The van der Waals surface area contributed by atoms with Crippen molar-refractivity contribution in [1.29, 1.82) is 0 Å². The summed E-state index contributed by atoms with van der Waals surface area (Å²) in [7, 11) is 0. The van der Waals surface area contributed by atoms with Crippen LogP contribution in [-0.2, 0) is 19.5 Å². The lowest BCUT2D eigenvalue weighted by molar-refractivity contribution is 0.569. The van der Waals surface area contributed by atoms with E-state index in [1.165, 1.54) is 28.7 Å². The molecular weight excluding hydrogens is 313 g/mol. The largest absolute Gasteiger partial charge is 0.311 e. The zero-order valence-corrected chi connectivity index (χ0v) is 12.5.